The Morgan fingerprint density at radius 1 is 1.00 bits per heavy atom. The van der Waals surface area contributed by atoms with E-state index in [1.807, 2.05) is 5.32 Å². The van der Waals surface area contributed by atoms with E-state index in [-0.39, 0.29) is 11.8 Å². The molecule has 5 unspecified atom stereocenters. The molecule has 1 fully saturated rings. The Balaban J connectivity index is 2.96. The van der Waals surface area contributed by atoms with E-state index < -0.39 is 66.7 Å². The zero-order valence-corrected chi connectivity index (χ0v) is 18.1. The highest BCUT2D eigenvalue weighted by molar-refractivity contribution is 5.96. The first-order valence-electron chi connectivity index (χ1n) is 10.3. The third-order valence-corrected chi connectivity index (χ3v) is 5.20. The van der Waals surface area contributed by atoms with Crippen LogP contribution in [-0.4, -0.2) is 76.5 Å². The Morgan fingerprint density at radius 2 is 1.62 bits per heavy atom. The molecule has 1 rings (SSSR count). The van der Waals surface area contributed by atoms with E-state index in [0.29, 0.717) is 19.4 Å². The lowest BCUT2D eigenvalue weighted by Crippen LogP contribution is -2.59. The van der Waals surface area contributed by atoms with Gasteiger partial charge in [0.25, 0.3) is 0 Å². The number of carboxylic acids is 2. The first kappa shape index (κ1) is 26.8. The fourth-order valence-electron chi connectivity index (χ4n) is 3.18. The number of carbonyl (C=O) groups is 6. The summed E-state index contributed by atoms with van der Waals surface area (Å²) in [4.78, 5) is 71.3. The molecule has 1 aliphatic heterocycles. The largest absolute Gasteiger partial charge is 0.481 e. The zero-order chi connectivity index (χ0) is 24.4. The number of nitrogens with one attached hydrogen (secondary N) is 4. The monoisotopic (exact) mass is 457 g/mol. The highest BCUT2D eigenvalue weighted by Gasteiger charge is 2.34. The number of amides is 4. The standard InChI is InChI=1S/C19H31N5O8/c1-3-9(2)15(24-16(28)10-5-4-6-21-10)18(30)22-11(8-14(26)27)17(29)23-12(19(31)32)7-13(20)25/h9-12,15,21H,3-8H2,1-2H3,(H2,20,25)(H,22,30)(H,23,29)(H,24,28)(H,26,27)(H,31,32). The van der Waals surface area contributed by atoms with Gasteiger partial charge in [-0.2, -0.15) is 0 Å². The maximum Gasteiger partial charge on any atom is 0.326 e. The molecule has 0 aliphatic carbocycles. The highest BCUT2D eigenvalue weighted by Crippen LogP contribution is 2.12. The normalized spacial score (nSPS) is 19.1. The van der Waals surface area contributed by atoms with Gasteiger partial charge in [-0.3, -0.25) is 24.0 Å². The minimum atomic E-state index is -1.69. The number of carbonyl (C=O) groups excluding carboxylic acids is 4. The van der Waals surface area contributed by atoms with Crippen molar-refractivity contribution in [3.63, 3.8) is 0 Å². The summed E-state index contributed by atoms with van der Waals surface area (Å²) in [6.07, 6.45) is 0.378. The molecule has 0 aromatic heterocycles. The molecular formula is C19H31N5O8. The van der Waals surface area contributed by atoms with Crippen molar-refractivity contribution in [3.05, 3.63) is 0 Å². The van der Waals surface area contributed by atoms with Crippen LogP contribution in [0.3, 0.4) is 0 Å². The summed E-state index contributed by atoms with van der Waals surface area (Å²) >= 11 is 0. The first-order chi connectivity index (χ1) is 15.0. The van der Waals surface area contributed by atoms with Crippen molar-refractivity contribution < 1.29 is 39.0 Å². The molecule has 0 spiro atoms. The second-order valence-electron chi connectivity index (χ2n) is 7.75. The van der Waals surface area contributed by atoms with Crippen molar-refractivity contribution in [2.75, 3.05) is 6.54 Å². The fraction of sp³-hybridized carbons (Fsp3) is 0.684. The van der Waals surface area contributed by atoms with E-state index in [0.717, 1.165) is 6.42 Å². The number of carboxylic acid groups (broad SMARTS) is 2. The molecule has 1 heterocycles. The lowest BCUT2D eigenvalue weighted by molar-refractivity contribution is -0.145. The SMILES string of the molecule is CCC(C)C(NC(=O)C1CCCN1)C(=O)NC(CC(=O)O)C(=O)NC(CC(N)=O)C(=O)O. The van der Waals surface area contributed by atoms with Gasteiger partial charge < -0.3 is 37.2 Å². The maximum atomic E-state index is 12.9. The Bertz CT molecular complexity index is 737. The molecular weight excluding hydrogens is 426 g/mol. The minimum absolute atomic E-state index is 0.337. The quantitative estimate of drug-likeness (QED) is 0.158. The van der Waals surface area contributed by atoms with Gasteiger partial charge in [-0.05, 0) is 25.3 Å². The molecule has 8 N–H and O–H groups in total. The van der Waals surface area contributed by atoms with Crippen molar-refractivity contribution in [2.45, 2.75) is 70.1 Å². The molecule has 13 nitrogen and oxygen atoms in total. The number of rotatable bonds is 13. The summed E-state index contributed by atoms with van der Waals surface area (Å²) in [6.45, 7) is 4.19. The second kappa shape index (κ2) is 12.6. The van der Waals surface area contributed by atoms with Crippen molar-refractivity contribution >= 4 is 35.6 Å². The number of hydrogen-bond donors (Lipinski definition) is 7. The molecule has 0 saturated carbocycles. The Hall–Kier alpha value is -3.22. The molecule has 32 heavy (non-hydrogen) atoms. The van der Waals surface area contributed by atoms with E-state index in [2.05, 4.69) is 16.0 Å². The topological polar surface area (TPSA) is 217 Å². The molecule has 1 saturated heterocycles. The van der Waals surface area contributed by atoms with Gasteiger partial charge in [-0.15, -0.1) is 0 Å². The van der Waals surface area contributed by atoms with Crippen molar-refractivity contribution in [2.24, 2.45) is 11.7 Å². The second-order valence-corrected chi connectivity index (χ2v) is 7.75. The van der Waals surface area contributed by atoms with Crippen LogP contribution in [0.15, 0.2) is 0 Å². The van der Waals surface area contributed by atoms with Crippen LogP contribution in [0.25, 0.3) is 0 Å². The molecule has 4 amide bonds. The Kier molecular flexibility index (Phi) is 10.5. The third kappa shape index (κ3) is 8.49. The average Bonchev–Trinajstić information content (AvgIpc) is 3.24. The third-order valence-electron chi connectivity index (χ3n) is 5.20. The summed E-state index contributed by atoms with van der Waals surface area (Å²) < 4.78 is 0. The first-order valence-corrected chi connectivity index (χ1v) is 10.3. The van der Waals surface area contributed by atoms with Crippen molar-refractivity contribution in [1.82, 2.24) is 21.3 Å². The molecule has 180 valence electrons. The lowest BCUT2D eigenvalue weighted by atomic mass is 9.97. The molecule has 0 aromatic rings. The lowest BCUT2D eigenvalue weighted by Gasteiger charge is -2.27. The van der Waals surface area contributed by atoms with Crippen LogP contribution in [0.4, 0.5) is 0 Å². The van der Waals surface area contributed by atoms with Crippen molar-refractivity contribution in [3.8, 4) is 0 Å². The van der Waals surface area contributed by atoms with Gasteiger partial charge in [0.05, 0.1) is 18.9 Å². The van der Waals surface area contributed by atoms with Gasteiger partial charge in [0, 0.05) is 0 Å². The molecule has 13 heteroatoms. The summed E-state index contributed by atoms with van der Waals surface area (Å²) in [5.41, 5.74) is 4.97. The smallest absolute Gasteiger partial charge is 0.326 e. The average molecular weight is 457 g/mol. The van der Waals surface area contributed by atoms with Gasteiger partial charge in [-0.1, -0.05) is 20.3 Å². The predicted molar refractivity (Wildman–Crippen MR) is 110 cm³/mol. The number of nitrogens with two attached hydrogens (primary N) is 1. The van der Waals surface area contributed by atoms with Crippen LogP contribution in [0, 0.1) is 5.92 Å². The zero-order valence-electron chi connectivity index (χ0n) is 18.1. The van der Waals surface area contributed by atoms with E-state index >= 15 is 0 Å². The van der Waals surface area contributed by atoms with Gasteiger partial charge in [0.15, 0.2) is 0 Å². The van der Waals surface area contributed by atoms with Crippen LogP contribution in [0.5, 0.6) is 0 Å². The Morgan fingerprint density at radius 3 is 2.09 bits per heavy atom. The molecule has 0 aromatic carbocycles. The van der Waals surface area contributed by atoms with Gasteiger partial charge in [0.2, 0.25) is 23.6 Å². The van der Waals surface area contributed by atoms with Gasteiger partial charge >= 0.3 is 11.9 Å². The Labute approximate surface area is 184 Å². The summed E-state index contributed by atoms with van der Waals surface area (Å²) in [6, 6.07) is -4.81. The molecule has 0 bridgehead atoms. The van der Waals surface area contributed by atoms with Crippen LogP contribution >= 0.6 is 0 Å². The van der Waals surface area contributed by atoms with Crippen molar-refractivity contribution in [1.29, 1.82) is 0 Å². The number of aliphatic carboxylic acids is 2. The predicted octanol–water partition coefficient (Wildman–Crippen LogP) is -2.33. The fourth-order valence-corrected chi connectivity index (χ4v) is 3.18. The van der Waals surface area contributed by atoms with E-state index in [4.69, 9.17) is 15.9 Å². The summed E-state index contributed by atoms with van der Waals surface area (Å²) in [5.74, 6) is -6.57. The van der Waals surface area contributed by atoms with E-state index in [1.54, 1.807) is 13.8 Å². The number of primary amides is 1. The van der Waals surface area contributed by atoms with Crippen LogP contribution in [0.2, 0.25) is 0 Å². The molecule has 0 radical (unpaired) electrons. The maximum absolute atomic E-state index is 12.9. The van der Waals surface area contributed by atoms with E-state index in [9.17, 15) is 28.8 Å². The van der Waals surface area contributed by atoms with Gasteiger partial charge in [-0.25, -0.2) is 4.79 Å². The summed E-state index contributed by atoms with van der Waals surface area (Å²) in [5, 5.41) is 28.2. The van der Waals surface area contributed by atoms with E-state index in [1.165, 1.54) is 0 Å². The molecule has 1 aliphatic rings. The highest BCUT2D eigenvalue weighted by atomic mass is 16.4. The number of hydrogen-bond acceptors (Lipinski definition) is 7. The molecule has 5 atom stereocenters. The van der Waals surface area contributed by atoms with Crippen LogP contribution in [0.1, 0.15) is 46.0 Å². The minimum Gasteiger partial charge on any atom is -0.481 e. The van der Waals surface area contributed by atoms with Gasteiger partial charge in [0.1, 0.15) is 18.1 Å². The van der Waals surface area contributed by atoms with Crippen LogP contribution < -0.4 is 27.0 Å². The van der Waals surface area contributed by atoms with Crippen LogP contribution in [-0.2, 0) is 28.8 Å². The summed E-state index contributed by atoms with van der Waals surface area (Å²) in [7, 11) is 0.